The highest BCUT2D eigenvalue weighted by molar-refractivity contribution is 7.92. The molecule has 10 heteroatoms. The van der Waals surface area contributed by atoms with Crippen LogP contribution in [0.15, 0.2) is 77.7 Å². The molecule has 170 valence electrons. The third kappa shape index (κ3) is 4.75. The molecule has 0 atom stereocenters. The highest BCUT2D eigenvalue weighted by atomic mass is 32.2. The Labute approximate surface area is 188 Å². The number of halogens is 3. The van der Waals surface area contributed by atoms with Gasteiger partial charge in [0.15, 0.2) is 11.6 Å². The van der Waals surface area contributed by atoms with Crippen LogP contribution in [0.1, 0.15) is 18.1 Å². The van der Waals surface area contributed by atoms with Crippen molar-refractivity contribution in [2.75, 3.05) is 10.0 Å². The molecule has 0 saturated heterocycles. The summed E-state index contributed by atoms with van der Waals surface area (Å²) in [6, 6.07) is 18.2. The summed E-state index contributed by atoms with van der Waals surface area (Å²) in [5.74, 6) is -0.140. The zero-order valence-electron chi connectivity index (χ0n) is 17.4. The SMILES string of the molecule is CCc1ccccc1Nc1nc2ccccc2nc1NS(=O)(=O)c1ccccc1C(F)(F)F. The number of aryl methyl sites for hydroxylation is 1. The van der Waals surface area contributed by atoms with Crippen LogP contribution in [0.3, 0.4) is 0 Å². The first-order valence-corrected chi connectivity index (χ1v) is 11.5. The first-order valence-electron chi connectivity index (χ1n) is 10.00. The van der Waals surface area contributed by atoms with Crippen LogP contribution in [0.4, 0.5) is 30.5 Å². The molecule has 0 bridgehead atoms. The molecule has 0 fully saturated rings. The van der Waals surface area contributed by atoms with Gasteiger partial charge in [-0.1, -0.05) is 49.4 Å². The van der Waals surface area contributed by atoms with Gasteiger partial charge in [0.2, 0.25) is 0 Å². The molecule has 0 radical (unpaired) electrons. The Kier molecular flexibility index (Phi) is 5.94. The van der Waals surface area contributed by atoms with E-state index in [4.69, 9.17) is 0 Å². The van der Waals surface area contributed by atoms with Crippen LogP contribution in [-0.2, 0) is 22.6 Å². The second-order valence-electron chi connectivity index (χ2n) is 7.14. The second-order valence-corrected chi connectivity index (χ2v) is 8.80. The van der Waals surface area contributed by atoms with Gasteiger partial charge in [0.05, 0.1) is 21.5 Å². The average Bonchev–Trinajstić information content (AvgIpc) is 2.79. The smallest absolute Gasteiger partial charge is 0.337 e. The van der Waals surface area contributed by atoms with Crippen molar-refractivity contribution in [2.45, 2.75) is 24.4 Å². The quantitative estimate of drug-likeness (QED) is 0.373. The first kappa shape index (κ1) is 22.5. The number of fused-ring (bicyclic) bond motifs is 1. The molecule has 0 amide bonds. The lowest BCUT2D eigenvalue weighted by Crippen LogP contribution is -2.20. The summed E-state index contributed by atoms with van der Waals surface area (Å²) in [5, 5.41) is 3.08. The topological polar surface area (TPSA) is 84.0 Å². The molecule has 33 heavy (non-hydrogen) atoms. The van der Waals surface area contributed by atoms with E-state index in [2.05, 4.69) is 20.0 Å². The van der Waals surface area contributed by atoms with E-state index in [0.29, 0.717) is 23.1 Å². The average molecular weight is 472 g/mol. The fourth-order valence-corrected chi connectivity index (χ4v) is 4.59. The lowest BCUT2D eigenvalue weighted by atomic mass is 10.1. The van der Waals surface area contributed by atoms with Crippen LogP contribution in [0, 0.1) is 0 Å². The Hall–Kier alpha value is -3.66. The molecule has 4 rings (SSSR count). The number of sulfonamides is 1. The molecular weight excluding hydrogens is 453 g/mol. The van der Waals surface area contributed by atoms with Crippen molar-refractivity contribution < 1.29 is 21.6 Å². The van der Waals surface area contributed by atoms with Gasteiger partial charge in [-0.3, -0.25) is 4.72 Å². The number of nitrogens with one attached hydrogen (secondary N) is 2. The Morgan fingerprint density at radius 2 is 1.39 bits per heavy atom. The standard InChI is InChI=1S/C23H19F3N4O2S/c1-2-15-9-3-5-11-17(15)27-21-22(29-19-13-7-6-12-18(19)28-21)30-33(31,32)20-14-8-4-10-16(20)23(24,25)26/h3-14H,2H2,1H3,(H,27,28)(H,29,30). The molecular formula is C23H19F3N4O2S. The lowest BCUT2D eigenvalue weighted by Gasteiger charge is -2.17. The predicted molar refractivity (Wildman–Crippen MR) is 121 cm³/mol. The number of aromatic nitrogens is 2. The Morgan fingerprint density at radius 3 is 2.06 bits per heavy atom. The van der Waals surface area contributed by atoms with Crippen molar-refractivity contribution in [3.05, 3.63) is 83.9 Å². The summed E-state index contributed by atoms with van der Waals surface area (Å²) in [6.07, 6.45) is -4.15. The maximum Gasteiger partial charge on any atom is 0.417 e. The lowest BCUT2D eigenvalue weighted by molar-refractivity contribution is -0.139. The Balaban J connectivity index is 1.83. The van der Waals surface area contributed by atoms with E-state index >= 15 is 0 Å². The summed E-state index contributed by atoms with van der Waals surface area (Å²) >= 11 is 0. The first-order chi connectivity index (χ1) is 15.7. The van der Waals surface area contributed by atoms with E-state index in [1.54, 1.807) is 36.4 Å². The zero-order valence-corrected chi connectivity index (χ0v) is 18.2. The molecule has 0 spiro atoms. The van der Waals surface area contributed by atoms with Crippen molar-refractivity contribution in [2.24, 2.45) is 0 Å². The molecule has 0 aliphatic carbocycles. The zero-order chi connectivity index (χ0) is 23.6. The van der Waals surface area contributed by atoms with Crippen molar-refractivity contribution in [3.8, 4) is 0 Å². The molecule has 0 saturated carbocycles. The molecule has 6 nitrogen and oxygen atoms in total. The highest BCUT2D eigenvalue weighted by Gasteiger charge is 2.37. The van der Waals surface area contributed by atoms with Crippen LogP contribution < -0.4 is 10.0 Å². The van der Waals surface area contributed by atoms with E-state index in [1.807, 2.05) is 19.1 Å². The predicted octanol–water partition coefficient (Wildman–Crippen LogP) is 5.76. The van der Waals surface area contributed by atoms with Crippen LogP contribution >= 0.6 is 0 Å². The van der Waals surface area contributed by atoms with Gasteiger partial charge in [-0.15, -0.1) is 0 Å². The maximum absolute atomic E-state index is 13.4. The molecule has 0 aliphatic rings. The summed E-state index contributed by atoms with van der Waals surface area (Å²) in [6.45, 7) is 1.96. The third-order valence-electron chi connectivity index (χ3n) is 4.93. The summed E-state index contributed by atoms with van der Waals surface area (Å²) in [4.78, 5) is 7.91. The van der Waals surface area contributed by atoms with Crippen molar-refractivity contribution in [1.82, 2.24) is 9.97 Å². The van der Waals surface area contributed by atoms with Gasteiger partial charge in [-0.2, -0.15) is 13.2 Å². The fourth-order valence-electron chi connectivity index (χ4n) is 3.35. The van der Waals surface area contributed by atoms with Gasteiger partial charge in [-0.25, -0.2) is 18.4 Å². The maximum atomic E-state index is 13.4. The molecule has 3 aromatic carbocycles. The minimum Gasteiger partial charge on any atom is -0.337 e. The van der Waals surface area contributed by atoms with E-state index < -0.39 is 26.7 Å². The van der Waals surface area contributed by atoms with Gasteiger partial charge >= 0.3 is 6.18 Å². The third-order valence-corrected chi connectivity index (χ3v) is 6.33. The van der Waals surface area contributed by atoms with Crippen molar-refractivity contribution >= 4 is 38.4 Å². The number of para-hydroxylation sites is 3. The Bertz CT molecular complexity index is 1420. The molecule has 0 aliphatic heterocycles. The minimum absolute atomic E-state index is 0.0719. The van der Waals surface area contributed by atoms with Gasteiger partial charge in [0, 0.05) is 5.69 Å². The minimum atomic E-state index is -4.85. The normalized spacial score (nSPS) is 12.0. The number of hydrogen-bond acceptors (Lipinski definition) is 5. The second kappa shape index (κ2) is 8.70. The molecule has 2 N–H and O–H groups in total. The molecule has 0 unspecified atom stereocenters. The molecule has 1 heterocycles. The van der Waals surface area contributed by atoms with Gasteiger partial charge < -0.3 is 5.32 Å². The number of alkyl halides is 3. The summed E-state index contributed by atoms with van der Waals surface area (Å²) < 4.78 is 68.6. The van der Waals surface area contributed by atoms with Gasteiger partial charge in [0.25, 0.3) is 10.0 Å². The van der Waals surface area contributed by atoms with Crippen LogP contribution in [0.25, 0.3) is 11.0 Å². The largest absolute Gasteiger partial charge is 0.417 e. The summed E-state index contributed by atoms with van der Waals surface area (Å²) in [5.41, 5.74) is 1.24. The van der Waals surface area contributed by atoms with E-state index in [-0.39, 0.29) is 11.6 Å². The van der Waals surface area contributed by atoms with Gasteiger partial charge in [0.1, 0.15) is 0 Å². The van der Waals surface area contributed by atoms with Crippen molar-refractivity contribution in [1.29, 1.82) is 0 Å². The van der Waals surface area contributed by atoms with Crippen molar-refractivity contribution in [3.63, 3.8) is 0 Å². The van der Waals surface area contributed by atoms with Gasteiger partial charge in [-0.05, 0) is 42.3 Å². The number of anilines is 3. The fraction of sp³-hybridized carbons (Fsp3) is 0.130. The van der Waals surface area contributed by atoms with Crippen LogP contribution in [0.5, 0.6) is 0 Å². The monoisotopic (exact) mass is 472 g/mol. The van der Waals surface area contributed by atoms with Crippen LogP contribution in [0.2, 0.25) is 0 Å². The molecule has 1 aromatic heterocycles. The Morgan fingerprint density at radius 1 is 0.818 bits per heavy atom. The number of nitrogens with zero attached hydrogens (tertiary/aromatic N) is 2. The summed E-state index contributed by atoms with van der Waals surface area (Å²) in [7, 11) is -4.64. The number of benzene rings is 3. The van der Waals surface area contributed by atoms with E-state index in [0.717, 1.165) is 23.8 Å². The van der Waals surface area contributed by atoms with Crippen LogP contribution in [-0.4, -0.2) is 18.4 Å². The number of rotatable bonds is 6. The highest BCUT2D eigenvalue weighted by Crippen LogP contribution is 2.35. The molecule has 4 aromatic rings. The van der Waals surface area contributed by atoms with E-state index in [1.165, 1.54) is 6.07 Å². The van der Waals surface area contributed by atoms with E-state index in [9.17, 15) is 21.6 Å². The number of hydrogen-bond donors (Lipinski definition) is 2.